The van der Waals surface area contributed by atoms with E-state index >= 15 is 0 Å². The van der Waals surface area contributed by atoms with Crippen molar-refractivity contribution < 1.29 is 194 Å². The van der Waals surface area contributed by atoms with Crippen molar-refractivity contribution in [2.75, 3.05) is 0 Å². The van der Waals surface area contributed by atoms with Gasteiger partial charge >= 0.3 is 83.5 Å². The van der Waals surface area contributed by atoms with Crippen LogP contribution in [0.5, 0.6) is 0 Å². The molecule has 0 amide bonds. The summed E-state index contributed by atoms with van der Waals surface area (Å²) in [7, 11) is 0. The van der Waals surface area contributed by atoms with Crippen molar-refractivity contribution in [1.29, 1.82) is 0 Å². The molecule has 21 nitrogen and oxygen atoms in total. The molecule has 0 heterocycles. The normalized spacial score (nSPS) is 2.77. The molecule has 0 saturated carbocycles. The maximum atomic E-state index is 8.33. The molecule has 0 aromatic carbocycles. The molecule has 0 spiro atoms. The predicted octanol–water partition coefficient (Wildman–Crippen LogP) is -17.2. The first-order valence-electron chi connectivity index (χ1n) is 1.84. The molecule has 170 valence electrons. The molecule has 24 N–H and O–H groups in total. The molecule has 2 radical (unpaired) electrons. The number of carbonyl (C=O) groups is 3. The summed E-state index contributed by atoms with van der Waals surface area (Å²) in [6, 6.07) is 0. The summed E-state index contributed by atoms with van der Waals surface area (Å²) in [5.41, 5.74) is 0. The Hall–Kier alpha value is 0.0832. The molecule has 26 heavy (non-hydrogen) atoms. The second-order valence-corrected chi connectivity index (χ2v) is 0.750. The zero-order valence-corrected chi connectivity index (χ0v) is 18.5. The second kappa shape index (κ2) is 176. The van der Waals surface area contributed by atoms with Gasteiger partial charge in [-0.3, -0.25) is 0 Å². The molecule has 0 aliphatic heterocycles. The van der Waals surface area contributed by atoms with Gasteiger partial charge in [0.25, 0.3) is 0 Å². The van der Waals surface area contributed by atoms with E-state index in [2.05, 4.69) is 0 Å². The van der Waals surface area contributed by atoms with Crippen LogP contribution >= 0.6 is 0 Å². The molecule has 0 saturated heterocycles. The molecule has 0 bridgehead atoms. The third-order valence-corrected chi connectivity index (χ3v) is 0. The van der Waals surface area contributed by atoms with Gasteiger partial charge in [0.15, 0.2) is 0 Å². The summed E-state index contributed by atoms with van der Waals surface area (Å²) < 4.78 is 0. The van der Waals surface area contributed by atoms with Crippen LogP contribution in [0.15, 0.2) is 0 Å². The number of rotatable bonds is 0. The molecule has 0 atom stereocenters. The summed E-state index contributed by atoms with van der Waals surface area (Å²) in [5, 5.41) is 50.0. The van der Waals surface area contributed by atoms with Crippen molar-refractivity contribution in [3.63, 3.8) is 0 Å². The van der Waals surface area contributed by atoms with Crippen molar-refractivity contribution in [2.45, 2.75) is 0 Å². The van der Waals surface area contributed by atoms with E-state index in [-0.39, 0.29) is 149 Å². The minimum atomic E-state index is -2.33. The number of hydrogen-bond donors (Lipinski definition) is 0. The van der Waals surface area contributed by atoms with Crippen molar-refractivity contribution in [2.24, 2.45) is 0 Å². The number of carbonyl (C=O) groups excluding carboxylic acids is 3. The van der Waals surface area contributed by atoms with Crippen LogP contribution in [0.3, 0.4) is 0 Å². The van der Waals surface area contributed by atoms with Gasteiger partial charge in [0.1, 0.15) is 0 Å². The van der Waals surface area contributed by atoms with Crippen LogP contribution in [-0.2, 0) is 0 Å². The van der Waals surface area contributed by atoms with Crippen LogP contribution < -0.4 is 30.6 Å². The Morgan fingerprint density at radius 1 is 0.308 bits per heavy atom. The molecule has 0 aromatic heterocycles. The monoisotopic (exact) mass is 676 g/mol. The van der Waals surface area contributed by atoms with Crippen LogP contribution in [0, 0.1) is 83.5 Å². The molecular formula is C3H24Ce2O21. The minimum absolute atomic E-state index is 0. The Bertz CT molecular complexity index is 121. The first kappa shape index (κ1) is 199. The molecule has 0 aliphatic carbocycles. The topological polar surface area (TPSA) is 568 Å². The molecule has 0 fully saturated rings. The van der Waals surface area contributed by atoms with E-state index in [4.69, 9.17) is 45.0 Å². The Kier molecular flexibility index (Phi) is 1350. The largest absolute Gasteiger partial charge is 3.00 e. The van der Waals surface area contributed by atoms with E-state index in [0.717, 1.165) is 0 Å². The van der Waals surface area contributed by atoms with Gasteiger partial charge in [0.2, 0.25) is 0 Å². The van der Waals surface area contributed by atoms with Crippen LogP contribution in [0.4, 0.5) is 14.4 Å². The van der Waals surface area contributed by atoms with Gasteiger partial charge in [-0.05, 0) is 18.5 Å². The maximum absolute atomic E-state index is 8.33. The van der Waals surface area contributed by atoms with Crippen LogP contribution in [0.1, 0.15) is 0 Å². The first-order chi connectivity index (χ1) is 5.20. The molecule has 23 heteroatoms. The Morgan fingerprint density at radius 3 is 0.308 bits per heavy atom. The van der Waals surface area contributed by atoms with Gasteiger partial charge in [0, 0.05) is 0 Å². The fourth-order valence-electron chi connectivity index (χ4n) is 0. The maximum Gasteiger partial charge on any atom is 3.00 e. The summed E-state index contributed by atoms with van der Waals surface area (Å²) in [5.74, 6) is 0. The van der Waals surface area contributed by atoms with E-state index in [1.807, 2.05) is 0 Å². The van der Waals surface area contributed by atoms with Crippen LogP contribution in [-0.4, -0.2) is 84.2 Å². The van der Waals surface area contributed by atoms with Crippen molar-refractivity contribution in [3.8, 4) is 0 Å². The van der Waals surface area contributed by atoms with Crippen molar-refractivity contribution >= 4 is 18.5 Å². The Balaban J connectivity index is -0.00000000245. The Labute approximate surface area is 210 Å². The second-order valence-electron chi connectivity index (χ2n) is 0.750. The zero-order chi connectivity index (χ0) is 10.7. The van der Waals surface area contributed by atoms with Gasteiger partial charge in [-0.2, -0.15) is 0 Å². The number of hydrogen-bond acceptors (Lipinski definition) is 9. The van der Waals surface area contributed by atoms with Gasteiger partial charge in [0.05, 0.1) is 0 Å². The van der Waals surface area contributed by atoms with Crippen LogP contribution in [0.2, 0.25) is 0 Å². The fraction of sp³-hybridized carbons (Fsp3) is 0. The average Bonchev–Trinajstić information content (AvgIpc) is 1.54. The van der Waals surface area contributed by atoms with E-state index in [0.29, 0.717) is 0 Å². The molecular weight excluding hydrogens is 652 g/mol. The standard InChI is InChI=1S/3CH2O3.2Ce.12H2O/c3*2-1(3)4;;;;;;;;;;;;;;/h3*(H2,2,3,4);;;12*1H2/q;;;2*+3;;;;;;;;;;;;/p-6. The van der Waals surface area contributed by atoms with Crippen molar-refractivity contribution in [3.05, 3.63) is 0 Å². The SMILES string of the molecule is O.O.O.O.O.O.O.O.O.O.O.O.O=C([O-])[O-].O=C([O-])[O-].O=C([O-])[O-].[Ce+3].[Ce+3]. The zero-order valence-electron chi connectivity index (χ0n) is 12.2. The third kappa shape index (κ3) is 1850000. The quantitative estimate of drug-likeness (QED) is 0.235. The van der Waals surface area contributed by atoms with Gasteiger partial charge in [-0.25, -0.2) is 0 Å². The van der Waals surface area contributed by atoms with E-state index in [1.54, 1.807) is 0 Å². The van der Waals surface area contributed by atoms with E-state index in [1.165, 1.54) is 0 Å². The molecule has 0 unspecified atom stereocenters. The van der Waals surface area contributed by atoms with Gasteiger partial charge in [-0.1, -0.05) is 0 Å². The Morgan fingerprint density at radius 2 is 0.308 bits per heavy atom. The smallest absolute Gasteiger partial charge is 0.652 e. The van der Waals surface area contributed by atoms with Crippen molar-refractivity contribution in [1.82, 2.24) is 0 Å². The average molecular weight is 676 g/mol. The summed E-state index contributed by atoms with van der Waals surface area (Å²) in [6.45, 7) is 0. The summed E-state index contributed by atoms with van der Waals surface area (Å²) in [4.78, 5) is 25.0. The van der Waals surface area contributed by atoms with Crippen LogP contribution in [0.25, 0.3) is 0 Å². The summed E-state index contributed by atoms with van der Waals surface area (Å²) >= 11 is 0. The number of carboxylic acid groups (broad SMARTS) is 6. The summed E-state index contributed by atoms with van der Waals surface area (Å²) in [6.07, 6.45) is -7.00. The third-order valence-electron chi connectivity index (χ3n) is 0. The van der Waals surface area contributed by atoms with E-state index < -0.39 is 18.5 Å². The predicted molar refractivity (Wildman–Crippen MR) is 59.6 cm³/mol. The molecule has 0 aromatic rings. The van der Waals surface area contributed by atoms with E-state index in [9.17, 15) is 0 Å². The van der Waals surface area contributed by atoms with Gasteiger partial charge < -0.3 is 111 Å². The molecule has 0 rings (SSSR count). The molecule has 0 aliphatic rings. The van der Waals surface area contributed by atoms with Gasteiger partial charge in [-0.15, -0.1) is 0 Å². The first-order valence-corrected chi connectivity index (χ1v) is 1.84. The minimum Gasteiger partial charge on any atom is -0.652 e. The fourth-order valence-corrected chi connectivity index (χ4v) is 0.